The first kappa shape index (κ1) is 19.6. The minimum Gasteiger partial charge on any atom is -0.450 e. The molecule has 2 atom stereocenters. The second-order valence-electron chi connectivity index (χ2n) is 7.38. The molecule has 0 aromatic carbocycles. The van der Waals surface area contributed by atoms with Crippen LogP contribution in [0.25, 0.3) is 0 Å². The summed E-state index contributed by atoms with van der Waals surface area (Å²) in [5.74, 6) is -1.10. The fourth-order valence-corrected chi connectivity index (χ4v) is 4.11. The van der Waals surface area contributed by atoms with Gasteiger partial charge in [0.1, 0.15) is 0 Å². The number of thioether (sulfide) groups is 1. The van der Waals surface area contributed by atoms with Gasteiger partial charge in [-0.2, -0.15) is 0 Å². The third-order valence-electron chi connectivity index (χ3n) is 4.65. The van der Waals surface area contributed by atoms with Gasteiger partial charge in [-0.15, -0.1) is 0 Å². The van der Waals surface area contributed by atoms with E-state index >= 15 is 0 Å². The van der Waals surface area contributed by atoms with Crippen molar-refractivity contribution in [2.45, 2.75) is 52.7 Å². The molecule has 0 spiro atoms. The Morgan fingerprint density at radius 1 is 1.36 bits per heavy atom. The van der Waals surface area contributed by atoms with Crippen LogP contribution in [0.4, 0.5) is 4.79 Å². The zero-order valence-electron chi connectivity index (χ0n) is 14.9. The number of hydrazine groups is 1. The first-order valence-corrected chi connectivity index (χ1v) is 9.18. The normalized spacial score (nSPS) is 27.1. The lowest BCUT2D eigenvalue weighted by molar-refractivity contribution is -0.275. The Bertz CT molecular complexity index is 602. The Labute approximate surface area is 150 Å². The highest BCUT2D eigenvalue weighted by molar-refractivity contribution is 8.13. The second-order valence-corrected chi connectivity index (χ2v) is 8.57. The number of rotatable bonds is 3. The Kier molecular flexibility index (Phi) is 5.36. The highest BCUT2D eigenvalue weighted by Gasteiger charge is 2.60. The molecule has 0 aliphatic carbocycles. The van der Waals surface area contributed by atoms with Gasteiger partial charge in [-0.1, -0.05) is 32.5 Å². The number of ether oxygens (including phenoxy) is 1. The molecule has 25 heavy (non-hydrogen) atoms. The smallest absolute Gasteiger partial charge is 0.450 e. The minimum absolute atomic E-state index is 0.0168. The van der Waals surface area contributed by atoms with Crippen LogP contribution in [0, 0.1) is 11.3 Å². The molecule has 1 N–H and O–H groups in total. The largest absolute Gasteiger partial charge is 0.507 e. The summed E-state index contributed by atoms with van der Waals surface area (Å²) >= 11 is 0.990. The summed E-state index contributed by atoms with van der Waals surface area (Å²) in [5, 5.41) is 11.7. The molecule has 2 aliphatic rings. The van der Waals surface area contributed by atoms with E-state index in [1.54, 1.807) is 20.8 Å². The molecule has 2 fully saturated rings. The third-order valence-corrected chi connectivity index (χ3v) is 5.63. The van der Waals surface area contributed by atoms with E-state index < -0.39 is 23.2 Å². The fraction of sp³-hybridized carbons (Fsp3) is 0.750. The van der Waals surface area contributed by atoms with E-state index in [1.165, 1.54) is 16.9 Å². The van der Waals surface area contributed by atoms with Crippen LogP contribution in [-0.2, 0) is 19.1 Å². The van der Waals surface area contributed by atoms with Gasteiger partial charge in [-0.3, -0.25) is 14.4 Å². The Balaban J connectivity index is 2.44. The van der Waals surface area contributed by atoms with E-state index in [0.29, 0.717) is 19.4 Å². The third kappa shape index (κ3) is 3.61. The van der Waals surface area contributed by atoms with Crippen molar-refractivity contribution in [1.82, 2.24) is 10.0 Å². The number of hydrogen-bond donors (Lipinski definition) is 1. The SMILES string of the molecule is CC(=O)SCC1CC(=O)N2CCCC(OC(=O)O)(C(C)(C)C)N2C1=O. The van der Waals surface area contributed by atoms with Crippen LogP contribution in [0.15, 0.2) is 0 Å². The van der Waals surface area contributed by atoms with E-state index in [4.69, 9.17) is 4.74 Å². The molecule has 2 rings (SSSR count). The molecule has 0 aromatic rings. The van der Waals surface area contributed by atoms with Crippen LogP contribution in [0.3, 0.4) is 0 Å². The van der Waals surface area contributed by atoms with Crippen molar-refractivity contribution >= 4 is 34.8 Å². The lowest BCUT2D eigenvalue weighted by atomic mass is 9.77. The van der Waals surface area contributed by atoms with Crippen LogP contribution in [0.5, 0.6) is 0 Å². The summed E-state index contributed by atoms with van der Waals surface area (Å²) in [6.07, 6.45) is -0.627. The van der Waals surface area contributed by atoms with E-state index in [0.717, 1.165) is 11.8 Å². The minimum atomic E-state index is -1.49. The van der Waals surface area contributed by atoms with E-state index in [2.05, 4.69) is 0 Å². The van der Waals surface area contributed by atoms with Crippen molar-refractivity contribution in [2.24, 2.45) is 11.3 Å². The molecule has 9 heteroatoms. The van der Waals surface area contributed by atoms with Gasteiger partial charge in [0.25, 0.3) is 0 Å². The van der Waals surface area contributed by atoms with Gasteiger partial charge in [-0.05, 0) is 6.42 Å². The van der Waals surface area contributed by atoms with Crippen LogP contribution in [0.2, 0.25) is 0 Å². The molecular weight excluding hydrogens is 348 g/mol. The maximum atomic E-state index is 13.1. The molecule has 140 valence electrons. The monoisotopic (exact) mass is 372 g/mol. The lowest BCUT2D eigenvalue weighted by Gasteiger charge is -2.58. The molecule has 0 aromatic heterocycles. The molecule has 2 saturated heterocycles. The molecule has 2 aliphatic heterocycles. The standard InChI is InChI=1S/C16H24N2O6S/c1-10(19)25-9-11-8-12(20)17-7-5-6-16(15(2,3)4,24-14(22)23)18(17)13(11)21/h11H,5-9H2,1-4H3,(H,22,23). The average Bonchev–Trinajstić information content (AvgIpc) is 2.47. The van der Waals surface area contributed by atoms with Crippen LogP contribution in [-0.4, -0.2) is 56.2 Å². The summed E-state index contributed by atoms with van der Waals surface area (Å²) in [6.45, 7) is 7.10. The van der Waals surface area contributed by atoms with Crippen LogP contribution >= 0.6 is 11.8 Å². The van der Waals surface area contributed by atoms with Gasteiger partial charge in [-0.25, -0.2) is 14.8 Å². The van der Waals surface area contributed by atoms with Crippen molar-refractivity contribution in [1.29, 1.82) is 0 Å². The molecular formula is C16H24N2O6S. The maximum absolute atomic E-state index is 13.1. The number of carbonyl (C=O) groups is 4. The summed E-state index contributed by atoms with van der Waals surface area (Å²) in [4.78, 5) is 48.3. The van der Waals surface area contributed by atoms with E-state index in [9.17, 15) is 24.3 Å². The van der Waals surface area contributed by atoms with Gasteiger partial charge >= 0.3 is 6.16 Å². The first-order valence-electron chi connectivity index (χ1n) is 8.19. The van der Waals surface area contributed by atoms with Gasteiger partial charge in [0.05, 0.1) is 5.92 Å². The number of carboxylic acid groups (broad SMARTS) is 1. The molecule has 0 saturated carbocycles. The van der Waals surface area contributed by atoms with Crippen LogP contribution < -0.4 is 0 Å². The van der Waals surface area contributed by atoms with E-state index in [-0.39, 0.29) is 29.1 Å². The maximum Gasteiger partial charge on any atom is 0.507 e. The summed E-state index contributed by atoms with van der Waals surface area (Å²) < 4.78 is 5.26. The Hall–Kier alpha value is -1.77. The molecule has 0 bridgehead atoms. The summed E-state index contributed by atoms with van der Waals surface area (Å²) in [5.41, 5.74) is -2.20. The average molecular weight is 372 g/mol. The van der Waals surface area contributed by atoms with Gasteiger partial charge in [0, 0.05) is 37.5 Å². The molecule has 0 radical (unpaired) electrons. The van der Waals surface area contributed by atoms with Gasteiger partial charge in [0.15, 0.2) is 5.12 Å². The number of amides is 2. The Morgan fingerprint density at radius 3 is 2.52 bits per heavy atom. The van der Waals surface area contributed by atoms with Crippen molar-refractivity contribution in [3.05, 3.63) is 0 Å². The first-order chi connectivity index (χ1) is 11.5. The molecule has 2 amide bonds. The highest BCUT2D eigenvalue weighted by Crippen LogP contribution is 2.46. The van der Waals surface area contributed by atoms with Gasteiger partial charge < -0.3 is 9.84 Å². The second kappa shape index (κ2) is 6.86. The molecule has 2 unspecified atom stereocenters. The van der Waals surface area contributed by atoms with Crippen molar-refractivity contribution in [3.63, 3.8) is 0 Å². The summed E-state index contributed by atoms with van der Waals surface area (Å²) in [6, 6.07) is 0. The number of fused-ring (bicyclic) bond motifs is 1. The fourth-order valence-electron chi connectivity index (χ4n) is 3.41. The lowest BCUT2D eigenvalue weighted by Crippen LogP contribution is -2.73. The number of hydrogen-bond acceptors (Lipinski definition) is 6. The number of carbonyl (C=O) groups excluding carboxylic acids is 3. The van der Waals surface area contributed by atoms with Crippen molar-refractivity contribution < 1.29 is 29.0 Å². The highest BCUT2D eigenvalue weighted by atomic mass is 32.2. The van der Waals surface area contributed by atoms with Crippen molar-refractivity contribution in [3.8, 4) is 0 Å². The van der Waals surface area contributed by atoms with Crippen molar-refractivity contribution in [2.75, 3.05) is 12.3 Å². The predicted octanol–water partition coefficient (Wildman–Crippen LogP) is 2.09. The van der Waals surface area contributed by atoms with Gasteiger partial charge in [0.2, 0.25) is 17.5 Å². The summed E-state index contributed by atoms with van der Waals surface area (Å²) in [7, 11) is 0. The zero-order valence-corrected chi connectivity index (χ0v) is 15.7. The van der Waals surface area contributed by atoms with Crippen LogP contribution in [0.1, 0.15) is 47.0 Å². The van der Waals surface area contributed by atoms with E-state index in [1.807, 2.05) is 0 Å². The quantitative estimate of drug-likeness (QED) is 0.756. The topological polar surface area (TPSA) is 104 Å². The number of nitrogens with zero attached hydrogens (tertiary/aromatic N) is 2. The zero-order chi connectivity index (χ0) is 19.0. The predicted molar refractivity (Wildman–Crippen MR) is 90.3 cm³/mol. The molecule has 2 heterocycles. The molecule has 8 nitrogen and oxygen atoms in total. The Morgan fingerprint density at radius 2 is 2.00 bits per heavy atom.